The summed E-state index contributed by atoms with van der Waals surface area (Å²) in [6.45, 7) is 0.356. The fraction of sp³-hybridized carbons (Fsp3) is 0.846. The maximum absolute atomic E-state index is 12.1. The number of hydrogen-bond donors (Lipinski definition) is 4. The number of amides is 1. The second-order valence-corrected chi connectivity index (χ2v) is 5.30. The van der Waals surface area contributed by atoms with Crippen molar-refractivity contribution in [2.45, 2.75) is 57.0 Å². The Bertz CT molecular complexity index is 304. The first-order chi connectivity index (χ1) is 9.04. The number of carboxylic acid groups (broad SMARTS) is 1. The Morgan fingerprint density at radius 3 is 2.42 bits per heavy atom. The van der Waals surface area contributed by atoms with Gasteiger partial charge in [0.05, 0.1) is 0 Å². The van der Waals surface area contributed by atoms with Gasteiger partial charge < -0.3 is 21.9 Å². The van der Waals surface area contributed by atoms with E-state index in [9.17, 15) is 9.59 Å². The molecule has 19 heavy (non-hydrogen) atoms. The van der Waals surface area contributed by atoms with E-state index in [4.69, 9.17) is 16.6 Å². The maximum atomic E-state index is 12.1. The lowest BCUT2D eigenvalue weighted by Crippen LogP contribution is -2.43. The summed E-state index contributed by atoms with van der Waals surface area (Å²) in [6, 6.07) is -0.781. The van der Waals surface area contributed by atoms with Crippen LogP contribution in [-0.4, -0.2) is 35.6 Å². The van der Waals surface area contributed by atoms with Crippen LogP contribution in [0.5, 0.6) is 0 Å². The number of aliphatic carboxylic acids is 1. The molecule has 2 unspecified atom stereocenters. The van der Waals surface area contributed by atoms with Crippen LogP contribution in [0.2, 0.25) is 0 Å². The van der Waals surface area contributed by atoms with Crippen molar-refractivity contribution >= 4 is 11.9 Å². The van der Waals surface area contributed by atoms with Gasteiger partial charge >= 0.3 is 5.97 Å². The van der Waals surface area contributed by atoms with Crippen LogP contribution in [0.4, 0.5) is 0 Å². The minimum atomic E-state index is -1.08. The fourth-order valence-electron chi connectivity index (χ4n) is 2.53. The van der Waals surface area contributed by atoms with Crippen molar-refractivity contribution in [1.29, 1.82) is 0 Å². The van der Waals surface area contributed by atoms with Gasteiger partial charge in [-0.2, -0.15) is 0 Å². The highest BCUT2D eigenvalue weighted by molar-refractivity contribution is 5.80. The molecule has 2 atom stereocenters. The van der Waals surface area contributed by atoms with Crippen molar-refractivity contribution in [2.24, 2.45) is 17.4 Å². The van der Waals surface area contributed by atoms with Crippen LogP contribution in [0, 0.1) is 5.92 Å². The van der Waals surface area contributed by atoms with E-state index < -0.39 is 17.9 Å². The summed E-state index contributed by atoms with van der Waals surface area (Å²) in [5.41, 5.74) is 11.0. The number of hydrogen-bond acceptors (Lipinski definition) is 4. The van der Waals surface area contributed by atoms with E-state index in [2.05, 4.69) is 5.32 Å². The molecule has 1 aliphatic rings. The van der Waals surface area contributed by atoms with Gasteiger partial charge in [0.15, 0.2) is 0 Å². The molecule has 1 saturated carbocycles. The Labute approximate surface area is 113 Å². The quantitative estimate of drug-likeness (QED) is 0.527. The average Bonchev–Trinajstić information content (AvgIpc) is 2.39. The molecule has 1 aliphatic carbocycles. The zero-order chi connectivity index (χ0) is 14.3. The minimum Gasteiger partial charge on any atom is -0.480 e. The average molecular weight is 271 g/mol. The van der Waals surface area contributed by atoms with E-state index >= 15 is 0 Å². The Morgan fingerprint density at radius 2 is 1.89 bits per heavy atom. The van der Waals surface area contributed by atoms with Crippen molar-refractivity contribution in [3.8, 4) is 0 Å². The molecule has 0 aliphatic heterocycles. The highest BCUT2D eigenvalue weighted by Gasteiger charge is 2.26. The first-order valence-corrected chi connectivity index (χ1v) is 7.03. The SMILES string of the molecule is NCCC(CC(N)C(=O)O)C(=O)NC1CCCCC1. The molecule has 110 valence electrons. The van der Waals surface area contributed by atoms with Crippen LogP contribution in [0.1, 0.15) is 44.9 Å². The van der Waals surface area contributed by atoms with E-state index in [0.717, 1.165) is 25.7 Å². The molecule has 0 radical (unpaired) electrons. The third-order valence-electron chi connectivity index (χ3n) is 3.69. The zero-order valence-corrected chi connectivity index (χ0v) is 11.3. The molecule has 0 aromatic heterocycles. The van der Waals surface area contributed by atoms with Crippen LogP contribution < -0.4 is 16.8 Å². The van der Waals surface area contributed by atoms with E-state index in [1.54, 1.807) is 0 Å². The van der Waals surface area contributed by atoms with Crippen molar-refractivity contribution in [1.82, 2.24) is 5.32 Å². The largest absolute Gasteiger partial charge is 0.480 e. The number of carboxylic acids is 1. The molecule has 6 N–H and O–H groups in total. The Morgan fingerprint density at radius 1 is 1.26 bits per heavy atom. The molecule has 6 nitrogen and oxygen atoms in total. The first-order valence-electron chi connectivity index (χ1n) is 7.03. The van der Waals surface area contributed by atoms with Gasteiger partial charge in [0.2, 0.25) is 5.91 Å². The van der Waals surface area contributed by atoms with Gasteiger partial charge in [0, 0.05) is 12.0 Å². The van der Waals surface area contributed by atoms with E-state index in [1.807, 2.05) is 0 Å². The first kappa shape index (κ1) is 15.9. The van der Waals surface area contributed by atoms with Gasteiger partial charge in [-0.25, -0.2) is 0 Å². The Kier molecular flexibility index (Phi) is 6.80. The highest BCUT2D eigenvalue weighted by Crippen LogP contribution is 2.19. The van der Waals surface area contributed by atoms with Crippen molar-refractivity contribution in [3.63, 3.8) is 0 Å². The lowest BCUT2D eigenvalue weighted by molar-refractivity contribution is -0.139. The Balaban J connectivity index is 2.48. The van der Waals surface area contributed by atoms with Crippen LogP contribution in [0.25, 0.3) is 0 Å². The topological polar surface area (TPSA) is 118 Å². The predicted molar refractivity (Wildman–Crippen MR) is 72.4 cm³/mol. The number of carbonyl (C=O) groups is 2. The third kappa shape index (κ3) is 5.57. The zero-order valence-electron chi connectivity index (χ0n) is 11.3. The van der Waals surface area contributed by atoms with Gasteiger partial charge in [0.25, 0.3) is 0 Å². The molecular formula is C13H25N3O3. The van der Waals surface area contributed by atoms with Crippen LogP contribution in [0.3, 0.4) is 0 Å². The second-order valence-electron chi connectivity index (χ2n) is 5.30. The predicted octanol–water partition coefficient (Wildman–Crippen LogP) is 0.202. The molecule has 6 heteroatoms. The molecule has 0 spiro atoms. The van der Waals surface area contributed by atoms with Gasteiger partial charge in [0.1, 0.15) is 6.04 Å². The second kappa shape index (κ2) is 8.12. The number of nitrogens with two attached hydrogens (primary N) is 2. The summed E-state index contributed by atoms with van der Waals surface area (Å²) in [7, 11) is 0. The van der Waals surface area contributed by atoms with Gasteiger partial charge in [-0.15, -0.1) is 0 Å². The van der Waals surface area contributed by atoms with E-state index in [0.29, 0.717) is 13.0 Å². The third-order valence-corrected chi connectivity index (χ3v) is 3.69. The molecule has 1 rings (SSSR count). The van der Waals surface area contributed by atoms with Crippen molar-refractivity contribution < 1.29 is 14.7 Å². The fourth-order valence-corrected chi connectivity index (χ4v) is 2.53. The summed E-state index contributed by atoms with van der Waals surface area (Å²) < 4.78 is 0. The minimum absolute atomic E-state index is 0.103. The lowest BCUT2D eigenvalue weighted by Gasteiger charge is -2.26. The van der Waals surface area contributed by atoms with Crippen LogP contribution in [0.15, 0.2) is 0 Å². The van der Waals surface area contributed by atoms with Crippen molar-refractivity contribution in [3.05, 3.63) is 0 Å². The summed E-state index contributed by atoms with van der Waals surface area (Å²) >= 11 is 0. The lowest BCUT2D eigenvalue weighted by atomic mass is 9.92. The smallest absolute Gasteiger partial charge is 0.320 e. The molecular weight excluding hydrogens is 246 g/mol. The maximum Gasteiger partial charge on any atom is 0.320 e. The summed E-state index contributed by atoms with van der Waals surface area (Å²) in [5.74, 6) is -1.58. The van der Waals surface area contributed by atoms with Crippen LogP contribution >= 0.6 is 0 Å². The number of nitrogens with one attached hydrogen (secondary N) is 1. The summed E-state index contributed by atoms with van der Waals surface area (Å²) in [4.78, 5) is 22.9. The molecule has 0 bridgehead atoms. The summed E-state index contributed by atoms with van der Waals surface area (Å²) in [6.07, 6.45) is 6.13. The molecule has 1 amide bonds. The molecule has 1 fully saturated rings. The molecule has 0 aromatic rings. The van der Waals surface area contributed by atoms with Gasteiger partial charge in [-0.05, 0) is 32.2 Å². The standard InChI is InChI=1S/C13H25N3O3/c14-7-6-9(8-11(15)13(18)19)12(17)16-10-4-2-1-3-5-10/h9-11H,1-8,14-15H2,(H,16,17)(H,18,19). The molecule has 0 aromatic carbocycles. The summed E-state index contributed by atoms with van der Waals surface area (Å²) in [5, 5.41) is 11.8. The van der Waals surface area contributed by atoms with E-state index in [1.165, 1.54) is 6.42 Å². The highest BCUT2D eigenvalue weighted by atomic mass is 16.4. The monoisotopic (exact) mass is 271 g/mol. The van der Waals surface area contributed by atoms with Gasteiger partial charge in [-0.1, -0.05) is 19.3 Å². The Hall–Kier alpha value is -1.14. The molecule has 0 heterocycles. The normalized spacial score (nSPS) is 19.7. The van der Waals surface area contributed by atoms with Crippen molar-refractivity contribution in [2.75, 3.05) is 6.54 Å². The number of carbonyl (C=O) groups excluding carboxylic acids is 1. The van der Waals surface area contributed by atoms with Crippen LogP contribution in [-0.2, 0) is 9.59 Å². The van der Waals surface area contributed by atoms with Gasteiger partial charge in [-0.3, -0.25) is 9.59 Å². The molecule has 0 saturated heterocycles. The van der Waals surface area contributed by atoms with E-state index in [-0.39, 0.29) is 18.4 Å². The number of rotatable bonds is 7.